The van der Waals surface area contributed by atoms with E-state index in [0.29, 0.717) is 24.5 Å². The van der Waals surface area contributed by atoms with Gasteiger partial charge in [-0.15, -0.1) is 10.2 Å². The Kier molecular flexibility index (Phi) is 4.33. The largest absolute Gasteiger partial charge is 0.481 e. The van der Waals surface area contributed by atoms with E-state index in [-0.39, 0.29) is 18.5 Å². The van der Waals surface area contributed by atoms with E-state index < -0.39 is 11.4 Å². The minimum absolute atomic E-state index is 0.0409. The normalized spacial score (nSPS) is 24.0. The summed E-state index contributed by atoms with van der Waals surface area (Å²) >= 11 is 0. The highest BCUT2D eigenvalue weighted by Crippen LogP contribution is 2.49. The lowest BCUT2D eigenvalue weighted by Crippen LogP contribution is -2.38. The quantitative estimate of drug-likeness (QED) is 0.863. The number of aryl methyl sites for hydroxylation is 1. The Bertz CT molecular complexity index is 880. The van der Waals surface area contributed by atoms with Gasteiger partial charge < -0.3 is 19.9 Å². The highest BCUT2D eigenvalue weighted by molar-refractivity contribution is 5.94. The number of aliphatic carboxylic acids is 1. The maximum atomic E-state index is 12.9. The fraction of sp³-hybridized carbons (Fsp3) is 0.474. The summed E-state index contributed by atoms with van der Waals surface area (Å²) < 4.78 is 1.91. The number of para-hydroxylation sites is 1. The third-order valence-corrected chi connectivity index (χ3v) is 5.95. The van der Waals surface area contributed by atoms with E-state index in [1.165, 1.54) is 0 Å². The molecule has 142 valence electrons. The summed E-state index contributed by atoms with van der Waals surface area (Å²) in [4.78, 5) is 26.3. The summed E-state index contributed by atoms with van der Waals surface area (Å²) in [5.74, 6) is -0.0513. The van der Waals surface area contributed by atoms with Gasteiger partial charge in [-0.05, 0) is 37.8 Å². The molecular formula is C19H23N5O3. The van der Waals surface area contributed by atoms with Crippen molar-refractivity contribution in [2.45, 2.75) is 32.7 Å². The van der Waals surface area contributed by atoms with E-state index >= 15 is 0 Å². The molecule has 1 aliphatic heterocycles. The van der Waals surface area contributed by atoms with Gasteiger partial charge in [0.05, 0.1) is 11.1 Å². The Balaban J connectivity index is 1.56. The molecule has 1 aliphatic carbocycles. The van der Waals surface area contributed by atoms with Gasteiger partial charge in [-0.1, -0.05) is 18.6 Å². The first kappa shape index (κ1) is 17.5. The van der Waals surface area contributed by atoms with Crippen LogP contribution in [-0.2, 0) is 11.3 Å². The van der Waals surface area contributed by atoms with Crippen LogP contribution in [0.3, 0.4) is 0 Å². The van der Waals surface area contributed by atoms with Crippen LogP contribution in [0.25, 0.3) is 11.4 Å². The molecule has 0 spiro atoms. The number of anilines is 1. The number of carboxylic acids is 1. The van der Waals surface area contributed by atoms with Gasteiger partial charge in [0.25, 0.3) is 0 Å². The molecule has 2 atom stereocenters. The van der Waals surface area contributed by atoms with Crippen molar-refractivity contribution in [2.24, 2.45) is 11.3 Å². The third kappa shape index (κ3) is 2.85. The smallest absolute Gasteiger partial charge is 0.321 e. The molecule has 0 bridgehead atoms. The van der Waals surface area contributed by atoms with E-state index in [2.05, 4.69) is 15.5 Å². The molecule has 8 nitrogen and oxygen atoms in total. The lowest BCUT2D eigenvalue weighted by atomic mass is 9.81. The number of hydrogen-bond donors (Lipinski definition) is 2. The van der Waals surface area contributed by atoms with Gasteiger partial charge in [0, 0.05) is 25.2 Å². The Hall–Kier alpha value is -2.90. The second kappa shape index (κ2) is 6.68. The van der Waals surface area contributed by atoms with Crippen molar-refractivity contribution in [2.75, 3.05) is 18.4 Å². The average Bonchev–Trinajstić information content (AvgIpc) is 3.35. The number of carbonyl (C=O) groups is 2. The van der Waals surface area contributed by atoms with Gasteiger partial charge >= 0.3 is 12.0 Å². The molecule has 2 fully saturated rings. The van der Waals surface area contributed by atoms with E-state index in [4.69, 9.17) is 0 Å². The maximum Gasteiger partial charge on any atom is 0.321 e. The maximum absolute atomic E-state index is 12.9. The van der Waals surface area contributed by atoms with E-state index in [9.17, 15) is 14.7 Å². The van der Waals surface area contributed by atoms with Crippen molar-refractivity contribution in [3.05, 3.63) is 30.6 Å². The fourth-order valence-electron chi connectivity index (χ4n) is 4.47. The molecule has 2 aliphatic rings. The van der Waals surface area contributed by atoms with E-state index in [1.54, 1.807) is 11.2 Å². The van der Waals surface area contributed by atoms with Crippen molar-refractivity contribution in [3.8, 4) is 11.4 Å². The zero-order valence-corrected chi connectivity index (χ0v) is 15.3. The van der Waals surface area contributed by atoms with Crippen LogP contribution in [0.2, 0.25) is 0 Å². The van der Waals surface area contributed by atoms with Gasteiger partial charge in [-0.3, -0.25) is 4.79 Å². The van der Waals surface area contributed by atoms with Crippen molar-refractivity contribution >= 4 is 17.7 Å². The summed E-state index contributed by atoms with van der Waals surface area (Å²) in [5.41, 5.74) is 0.656. The second-order valence-corrected chi connectivity index (χ2v) is 7.35. The summed E-state index contributed by atoms with van der Waals surface area (Å²) in [7, 11) is 0. The van der Waals surface area contributed by atoms with Crippen LogP contribution in [-0.4, -0.2) is 49.9 Å². The van der Waals surface area contributed by atoms with Crippen LogP contribution < -0.4 is 5.32 Å². The summed E-state index contributed by atoms with van der Waals surface area (Å²) in [6, 6.07) is 7.19. The predicted octanol–water partition coefficient (Wildman–Crippen LogP) is 2.68. The molecule has 2 aromatic rings. The molecule has 1 aromatic carbocycles. The number of carboxylic acid groups (broad SMARTS) is 1. The van der Waals surface area contributed by atoms with Gasteiger partial charge in [-0.25, -0.2) is 4.79 Å². The first-order valence-electron chi connectivity index (χ1n) is 9.31. The lowest BCUT2D eigenvalue weighted by molar-refractivity contribution is -0.149. The topological polar surface area (TPSA) is 100 Å². The van der Waals surface area contributed by atoms with Gasteiger partial charge in [0.2, 0.25) is 0 Å². The third-order valence-electron chi connectivity index (χ3n) is 5.95. The first-order valence-corrected chi connectivity index (χ1v) is 9.31. The van der Waals surface area contributed by atoms with E-state index in [0.717, 1.165) is 24.9 Å². The Morgan fingerprint density at radius 2 is 2.19 bits per heavy atom. The minimum Gasteiger partial charge on any atom is -0.481 e. The van der Waals surface area contributed by atoms with Crippen LogP contribution in [0.15, 0.2) is 30.6 Å². The van der Waals surface area contributed by atoms with Crippen molar-refractivity contribution in [1.82, 2.24) is 19.7 Å². The highest BCUT2D eigenvalue weighted by atomic mass is 16.4. The molecule has 27 heavy (non-hydrogen) atoms. The number of likely N-dealkylation sites (tertiary alicyclic amines) is 1. The van der Waals surface area contributed by atoms with Gasteiger partial charge in [-0.2, -0.15) is 0 Å². The molecule has 0 radical (unpaired) electrons. The summed E-state index contributed by atoms with van der Waals surface area (Å²) in [6.07, 6.45) is 4.09. The predicted molar refractivity (Wildman–Crippen MR) is 99.1 cm³/mol. The number of benzene rings is 1. The monoisotopic (exact) mass is 369 g/mol. The molecule has 8 heteroatoms. The number of hydrogen-bond acceptors (Lipinski definition) is 4. The van der Waals surface area contributed by atoms with Crippen LogP contribution >= 0.6 is 0 Å². The molecule has 2 N–H and O–H groups in total. The average molecular weight is 369 g/mol. The number of fused-ring (bicyclic) bond motifs is 1. The van der Waals surface area contributed by atoms with Crippen LogP contribution in [0, 0.1) is 11.3 Å². The van der Waals surface area contributed by atoms with Crippen LogP contribution in [0.1, 0.15) is 26.2 Å². The number of carbonyl (C=O) groups excluding carboxylic acids is 1. The number of rotatable bonds is 4. The number of amides is 2. The zero-order valence-electron chi connectivity index (χ0n) is 15.3. The molecule has 1 aromatic heterocycles. The standard InChI is InChI=1S/C19H23N5O3/c1-2-23-12-20-22-16(23)14-7-3-4-8-15(14)21-18(27)24-10-13-6-5-9-19(13,11-24)17(25)26/h3-4,7-8,12-13H,2,5-6,9-11H2,1H3,(H,21,27)(H,25,26)/t13-,19+/m0/s1. The Morgan fingerprint density at radius 3 is 2.93 bits per heavy atom. The summed E-state index contributed by atoms with van der Waals surface area (Å²) in [5, 5.41) is 20.8. The van der Waals surface area contributed by atoms with Gasteiger partial charge in [0.1, 0.15) is 6.33 Å². The molecule has 2 heterocycles. The minimum atomic E-state index is -0.781. The SMILES string of the molecule is CCn1cnnc1-c1ccccc1NC(=O)N1C[C@@H]2CCC[C@@]2(C(=O)O)C1. The first-order chi connectivity index (χ1) is 13.0. The van der Waals surface area contributed by atoms with Crippen molar-refractivity contribution in [3.63, 3.8) is 0 Å². The fourth-order valence-corrected chi connectivity index (χ4v) is 4.47. The molecule has 2 amide bonds. The number of aromatic nitrogens is 3. The molecule has 1 saturated heterocycles. The number of nitrogens with zero attached hydrogens (tertiary/aromatic N) is 4. The molecular weight excluding hydrogens is 346 g/mol. The number of nitrogens with one attached hydrogen (secondary N) is 1. The van der Waals surface area contributed by atoms with E-state index in [1.807, 2.05) is 35.8 Å². The number of urea groups is 1. The van der Waals surface area contributed by atoms with Crippen molar-refractivity contribution in [1.29, 1.82) is 0 Å². The van der Waals surface area contributed by atoms with Crippen LogP contribution in [0.4, 0.5) is 10.5 Å². The van der Waals surface area contributed by atoms with Gasteiger partial charge in [0.15, 0.2) is 5.82 Å². The van der Waals surface area contributed by atoms with Crippen LogP contribution in [0.5, 0.6) is 0 Å². The molecule has 0 unspecified atom stereocenters. The molecule has 4 rings (SSSR count). The Morgan fingerprint density at radius 1 is 1.37 bits per heavy atom. The molecule has 1 saturated carbocycles. The summed E-state index contributed by atoms with van der Waals surface area (Å²) in [6.45, 7) is 3.49. The van der Waals surface area contributed by atoms with Crippen molar-refractivity contribution < 1.29 is 14.7 Å². The Labute approximate surface area is 157 Å². The second-order valence-electron chi connectivity index (χ2n) is 7.35. The zero-order chi connectivity index (χ0) is 19.0. The lowest BCUT2D eigenvalue weighted by Gasteiger charge is -2.23. The highest BCUT2D eigenvalue weighted by Gasteiger charge is 2.55.